The summed E-state index contributed by atoms with van der Waals surface area (Å²) in [5, 5.41) is 1.05. The Morgan fingerprint density at radius 1 is 0.978 bits per heavy atom. The maximum Gasteiger partial charge on any atom is 0.303 e. The molecule has 244 valence electrons. The first-order chi connectivity index (χ1) is 22.1. The van der Waals surface area contributed by atoms with Gasteiger partial charge in [-0.15, -0.1) is 0 Å². The summed E-state index contributed by atoms with van der Waals surface area (Å²) in [5.74, 6) is 0.588. The Balaban J connectivity index is 1.34. The highest BCUT2D eigenvalue weighted by atomic mass is 32.2. The fraction of sp³-hybridized carbons (Fsp3) is 0.543. The van der Waals surface area contributed by atoms with Crippen LogP contribution < -0.4 is 9.46 Å². The van der Waals surface area contributed by atoms with E-state index in [1.807, 2.05) is 18.2 Å². The van der Waals surface area contributed by atoms with E-state index in [-0.39, 0.29) is 17.4 Å². The number of rotatable bonds is 6. The molecule has 8 rings (SSSR count). The molecule has 3 aromatic rings. The first-order valence-corrected chi connectivity index (χ1v) is 18.2. The number of fused-ring (bicyclic) bond motifs is 9. The zero-order chi connectivity index (χ0) is 32.0. The van der Waals surface area contributed by atoms with Gasteiger partial charge in [0.2, 0.25) is 5.91 Å². The van der Waals surface area contributed by atoms with E-state index in [0.717, 1.165) is 96.1 Å². The van der Waals surface area contributed by atoms with E-state index in [0.29, 0.717) is 18.4 Å². The first kappa shape index (κ1) is 30.0. The quantitative estimate of drug-likeness (QED) is 0.426. The molecule has 10 nitrogen and oxygen atoms in total. The number of carbonyl (C=O) groups excluding carboxylic acids is 2. The molecule has 4 fully saturated rings. The van der Waals surface area contributed by atoms with Gasteiger partial charge in [0.1, 0.15) is 11.3 Å². The molecule has 0 bridgehead atoms. The number of ether oxygens (including phenoxy) is 1. The molecule has 46 heavy (non-hydrogen) atoms. The van der Waals surface area contributed by atoms with E-state index in [4.69, 9.17) is 4.74 Å². The number of nitrogens with one attached hydrogen (secondary N) is 1. The number of aromatic nitrogens is 1. The van der Waals surface area contributed by atoms with Crippen molar-refractivity contribution >= 4 is 32.9 Å². The lowest BCUT2D eigenvalue weighted by Crippen LogP contribution is -2.55. The monoisotopic (exact) mass is 645 g/mol. The number of amides is 2. The first-order valence-electron chi connectivity index (χ1n) is 16.8. The van der Waals surface area contributed by atoms with Crippen LogP contribution >= 0.6 is 0 Å². The van der Waals surface area contributed by atoms with E-state index in [9.17, 15) is 13.2 Å². The highest BCUT2D eigenvalue weighted by molar-refractivity contribution is 7.87. The maximum atomic E-state index is 15.0. The van der Waals surface area contributed by atoms with Crippen molar-refractivity contribution in [2.24, 2.45) is 0 Å². The summed E-state index contributed by atoms with van der Waals surface area (Å²) in [6, 6.07) is 12.2. The minimum Gasteiger partial charge on any atom is -0.497 e. The summed E-state index contributed by atoms with van der Waals surface area (Å²) < 4.78 is 36.3. The van der Waals surface area contributed by atoms with Gasteiger partial charge in [0.25, 0.3) is 5.91 Å². The topological polar surface area (TPSA) is 104 Å². The molecule has 11 heteroatoms. The normalized spacial score (nSPS) is 26.0. The third-order valence-corrected chi connectivity index (χ3v) is 12.9. The molecule has 1 aromatic heterocycles. The van der Waals surface area contributed by atoms with E-state index >= 15 is 4.79 Å². The average molecular weight is 646 g/mol. The lowest BCUT2D eigenvalue weighted by molar-refractivity contribution is -0.139. The van der Waals surface area contributed by atoms with Gasteiger partial charge in [-0.3, -0.25) is 14.5 Å². The number of hydrogen-bond acceptors (Lipinski definition) is 6. The minimum atomic E-state index is -3.97. The van der Waals surface area contributed by atoms with Gasteiger partial charge in [-0.1, -0.05) is 25.3 Å². The van der Waals surface area contributed by atoms with Crippen molar-refractivity contribution in [3.05, 3.63) is 53.1 Å². The fourth-order valence-corrected chi connectivity index (χ4v) is 9.56. The van der Waals surface area contributed by atoms with Crippen molar-refractivity contribution in [2.45, 2.75) is 74.8 Å². The summed E-state index contributed by atoms with van der Waals surface area (Å²) in [6.45, 7) is 3.48. The van der Waals surface area contributed by atoms with Crippen molar-refractivity contribution < 1.29 is 22.7 Å². The van der Waals surface area contributed by atoms with Gasteiger partial charge in [-0.25, -0.2) is 4.72 Å². The molecule has 1 N–H and O–H groups in total. The molecular formula is C35H43N5O5S. The number of benzene rings is 2. The number of methoxy groups -OCH3 is 1. The highest BCUT2D eigenvalue weighted by Crippen LogP contribution is 2.67. The van der Waals surface area contributed by atoms with Crippen LogP contribution in [0.1, 0.15) is 84.7 Å². The van der Waals surface area contributed by atoms with Gasteiger partial charge in [0, 0.05) is 62.2 Å². The van der Waals surface area contributed by atoms with Crippen molar-refractivity contribution in [2.75, 3.05) is 47.4 Å². The third kappa shape index (κ3) is 4.45. The summed E-state index contributed by atoms with van der Waals surface area (Å²) in [7, 11) is 0.487. The van der Waals surface area contributed by atoms with Crippen LogP contribution in [0.5, 0.6) is 5.75 Å². The highest BCUT2D eigenvalue weighted by Gasteiger charge is 2.67. The second-order valence-electron chi connectivity index (χ2n) is 14.1. The smallest absolute Gasteiger partial charge is 0.303 e. The zero-order valence-corrected chi connectivity index (χ0v) is 27.7. The second-order valence-corrected chi connectivity index (χ2v) is 16.0. The van der Waals surface area contributed by atoms with Gasteiger partial charge in [0.05, 0.1) is 18.3 Å². The predicted molar refractivity (Wildman–Crippen MR) is 176 cm³/mol. The Hall–Kier alpha value is -3.41. The number of piperazine rings is 1. The lowest BCUT2D eigenvalue weighted by atomic mass is 9.80. The van der Waals surface area contributed by atoms with Gasteiger partial charge >= 0.3 is 10.2 Å². The van der Waals surface area contributed by atoms with Crippen molar-refractivity contribution in [1.29, 1.82) is 0 Å². The van der Waals surface area contributed by atoms with Crippen LogP contribution in [0.3, 0.4) is 0 Å². The SMILES string of the molecule is COc1ccc2c(c1)[C@@H]1C[C@@]1(C(=O)N1CCN3CCC[C@H]3C1)n1c-2c(C2CCCCC2)c2ccc(C(=O)NS(=O)(=O)N(C)C)cc21. The summed E-state index contributed by atoms with van der Waals surface area (Å²) >= 11 is 0. The molecule has 2 saturated carbocycles. The molecule has 5 aliphatic rings. The zero-order valence-electron chi connectivity index (χ0n) is 26.9. The standard InChI is InChI=1S/C35H43N5O5S/c1-37(2)46(43,44)36-33(41)23-11-13-27-30(18-23)40-32(31(27)22-8-5-4-6-9-22)26-14-12-25(45-3)19-28(26)29-20-35(29,40)34(42)39-17-16-38-15-7-10-24(38)21-39/h11-14,18-19,22,24,29H,4-10,15-17,20-21H2,1-3H3,(H,36,41)/t24-,29-,35+/m0/s1. The van der Waals surface area contributed by atoms with Crippen molar-refractivity contribution in [3.8, 4) is 17.0 Å². The van der Waals surface area contributed by atoms with Crippen LogP contribution in [-0.4, -0.2) is 92.3 Å². The summed E-state index contributed by atoms with van der Waals surface area (Å²) in [4.78, 5) is 33.1. The van der Waals surface area contributed by atoms with Crippen LogP contribution in [0.15, 0.2) is 36.4 Å². The molecule has 2 aliphatic carbocycles. The second kappa shape index (κ2) is 10.8. The lowest BCUT2D eigenvalue weighted by Gasteiger charge is -2.41. The van der Waals surface area contributed by atoms with E-state index < -0.39 is 21.7 Å². The molecule has 3 atom stereocenters. The number of nitrogens with zero attached hydrogens (tertiary/aromatic N) is 4. The molecule has 0 radical (unpaired) electrons. The molecule has 0 unspecified atom stereocenters. The number of carbonyl (C=O) groups is 2. The molecule has 3 aliphatic heterocycles. The molecule has 4 heterocycles. The fourth-order valence-electron chi connectivity index (χ4n) is 9.03. The van der Waals surface area contributed by atoms with Crippen LogP contribution in [0.25, 0.3) is 22.2 Å². The molecular weight excluding hydrogens is 602 g/mol. The van der Waals surface area contributed by atoms with Crippen LogP contribution in [-0.2, 0) is 20.5 Å². The molecule has 0 spiro atoms. The van der Waals surface area contributed by atoms with E-state index in [1.54, 1.807) is 13.2 Å². The van der Waals surface area contributed by atoms with Crippen molar-refractivity contribution in [3.63, 3.8) is 0 Å². The molecule has 2 amide bonds. The van der Waals surface area contributed by atoms with E-state index in [1.165, 1.54) is 32.5 Å². The van der Waals surface area contributed by atoms with Gasteiger partial charge in [-0.05, 0) is 86.0 Å². The van der Waals surface area contributed by atoms with Gasteiger partial charge in [0.15, 0.2) is 0 Å². The number of hydrogen-bond donors (Lipinski definition) is 1. The van der Waals surface area contributed by atoms with Crippen LogP contribution in [0, 0.1) is 0 Å². The van der Waals surface area contributed by atoms with E-state index in [2.05, 4.69) is 31.2 Å². The van der Waals surface area contributed by atoms with Gasteiger partial charge in [-0.2, -0.15) is 12.7 Å². The Labute approximate surface area is 270 Å². The Kier molecular flexibility index (Phi) is 7.04. The Morgan fingerprint density at radius 3 is 2.54 bits per heavy atom. The molecule has 2 aromatic carbocycles. The Bertz CT molecular complexity index is 1860. The summed E-state index contributed by atoms with van der Waals surface area (Å²) in [6.07, 6.45) is 8.69. The Morgan fingerprint density at radius 2 is 1.78 bits per heavy atom. The van der Waals surface area contributed by atoms with Crippen LogP contribution in [0.4, 0.5) is 0 Å². The molecule has 2 saturated heterocycles. The van der Waals surface area contributed by atoms with Gasteiger partial charge < -0.3 is 14.2 Å². The minimum absolute atomic E-state index is 0.0133. The average Bonchev–Trinajstić information content (AvgIpc) is 3.48. The maximum absolute atomic E-state index is 15.0. The van der Waals surface area contributed by atoms with Crippen LogP contribution in [0.2, 0.25) is 0 Å². The predicted octanol–water partition coefficient (Wildman–Crippen LogP) is 4.40. The largest absolute Gasteiger partial charge is 0.497 e. The van der Waals surface area contributed by atoms with Crippen molar-refractivity contribution in [1.82, 2.24) is 23.4 Å². The third-order valence-electron chi connectivity index (χ3n) is 11.5. The summed E-state index contributed by atoms with van der Waals surface area (Å²) in [5.41, 5.74) is 4.92.